The molecule has 0 radical (unpaired) electrons. The van der Waals surface area contributed by atoms with Gasteiger partial charge in [-0.05, 0) is 86.8 Å². The number of fused-ring (bicyclic) bond motifs is 1. The first-order valence-corrected chi connectivity index (χ1v) is 26.6. The number of carbonyl (C=O) groups excluding carboxylic acids is 1. The molecule has 1 aliphatic heterocycles. The van der Waals surface area contributed by atoms with E-state index in [2.05, 4.69) is 107 Å². The summed E-state index contributed by atoms with van der Waals surface area (Å²) >= 11 is 0. The number of amides is 1. The van der Waals surface area contributed by atoms with Gasteiger partial charge in [0.1, 0.15) is 48.3 Å². The van der Waals surface area contributed by atoms with Crippen molar-refractivity contribution in [1.82, 2.24) is 24.2 Å². The number of methoxy groups -OCH3 is 2. The average molecular weight is 955 g/mol. The molecule has 17 heteroatoms. The van der Waals surface area contributed by atoms with Gasteiger partial charge in [-0.2, -0.15) is 0 Å². The standard InChI is InChI=1S/C50H67N6O9PSi/c1-14-29-60-48(57)54-45-42-46(52-32-51-45)55(33-53-42)47-44(64-66(62-30-15-2)56(34(3)4)35(5)6)43(65-67(12,13)49(7,8)9)41(63-47)31-61-50(36-19-17-16-18-20-36,37-21-25-39(58-10)26-22-37)38-23-27-40(59-11)28-24-38/h14-28,32-35,41,43-44,47H,1-2,29-31H2,3-13H3,(H,51,52,54,57)/t41-,43-,44-,47-,66?/m1/s1. The second kappa shape index (κ2) is 22.4. The summed E-state index contributed by atoms with van der Waals surface area (Å²) in [5, 5.41) is 2.49. The number of nitrogens with zero attached hydrogens (tertiary/aromatic N) is 5. The lowest BCUT2D eigenvalue weighted by Gasteiger charge is -2.42. The SMILES string of the molecule is C=CCOC(=O)Nc1ncnc2c1ncn2[C@@H]1O[C@H](COC(c2ccccc2)(c2ccc(OC)cc2)c2ccc(OC)cc2)[C@@H](O[Si](C)(C)C(C)(C)C)[C@H]1OP(OCC=C)N(C(C)C)C(C)C. The van der Waals surface area contributed by atoms with Crippen molar-refractivity contribution in [1.29, 1.82) is 0 Å². The van der Waals surface area contributed by atoms with E-state index in [1.54, 1.807) is 31.2 Å². The predicted molar refractivity (Wildman–Crippen MR) is 265 cm³/mol. The molecule has 0 aliphatic carbocycles. The van der Waals surface area contributed by atoms with Crippen LogP contribution in [0, 0.1) is 0 Å². The molecule has 1 unspecified atom stereocenters. The minimum atomic E-state index is -2.62. The quantitative estimate of drug-likeness (QED) is 0.0304. The normalized spacial score (nSPS) is 18.4. The Balaban J connectivity index is 1.55. The van der Waals surface area contributed by atoms with Crippen LogP contribution in [0.2, 0.25) is 18.1 Å². The maximum absolute atomic E-state index is 12.8. The molecular formula is C50H67N6O9PSi. The third-order valence-electron chi connectivity index (χ3n) is 12.1. The molecule has 1 N–H and O–H groups in total. The van der Waals surface area contributed by atoms with Crippen molar-refractivity contribution in [2.75, 3.05) is 39.4 Å². The number of anilines is 1. The molecule has 3 heterocycles. The zero-order chi connectivity index (χ0) is 48.5. The topological polar surface area (TPSA) is 150 Å². The third-order valence-corrected chi connectivity index (χ3v) is 18.7. The summed E-state index contributed by atoms with van der Waals surface area (Å²) in [6, 6.07) is 26.1. The van der Waals surface area contributed by atoms with E-state index < -0.39 is 53.1 Å². The van der Waals surface area contributed by atoms with Crippen LogP contribution in [0.15, 0.2) is 117 Å². The molecule has 1 aliphatic rings. The highest BCUT2D eigenvalue weighted by Gasteiger charge is 2.54. The largest absolute Gasteiger partial charge is 0.497 e. The van der Waals surface area contributed by atoms with Crippen LogP contribution < -0.4 is 14.8 Å². The minimum Gasteiger partial charge on any atom is -0.497 e. The Bertz CT molecular complexity index is 2340. The fraction of sp³-hybridized carbons (Fsp3) is 0.440. The average Bonchev–Trinajstić information content (AvgIpc) is 3.88. The molecule has 67 heavy (non-hydrogen) atoms. The van der Waals surface area contributed by atoms with Gasteiger partial charge in [-0.15, -0.1) is 6.58 Å². The third kappa shape index (κ3) is 11.5. The predicted octanol–water partition coefficient (Wildman–Crippen LogP) is 10.8. The number of hydrogen-bond acceptors (Lipinski definition) is 13. The fourth-order valence-corrected chi connectivity index (χ4v) is 10.9. The van der Waals surface area contributed by atoms with E-state index in [0.717, 1.165) is 16.7 Å². The van der Waals surface area contributed by atoms with Crippen molar-refractivity contribution in [3.63, 3.8) is 0 Å². The van der Waals surface area contributed by atoms with Gasteiger partial charge in [-0.25, -0.2) is 24.4 Å². The summed E-state index contributed by atoms with van der Waals surface area (Å²) < 4.78 is 56.8. The molecule has 360 valence electrons. The Labute approximate surface area is 397 Å². The molecule has 2 aromatic heterocycles. The van der Waals surface area contributed by atoms with Crippen LogP contribution in [-0.2, 0) is 33.3 Å². The molecule has 1 saturated heterocycles. The maximum atomic E-state index is 12.8. The van der Waals surface area contributed by atoms with Crippen molar-refractivity contribution >= 4 is 39.9 Å². The molecule has 0 saturated carbocycles. The van der Waals surface area contributed by atoms with Crippen molar-refractivity contribution in [2.45, 2.75) is 109 Å². The highest BCUT2D eigenvalue weighted by Crippen LogP contribution is 2.53. The van der Waals surface area contributed by atoms with E-state index in [4.69, 9.17) is 42.1 Å². The summed E-state index contributed by atoms with van der Waals surface area (Å²) in [6.07, 6.45) is 2.31. The highest BCUT2D eigenvalue weighted by atomic mass is 31.2. The number of aromatic nitrogens is 4. The van der Waals surface area contributed by atoms with Crippen LogP contribution >= 0.6 is 8.53 Å². The molecule has 1 amide bonds. The second-order valence-corrected chi connectivity index (χ2v) is 24.4. The van der Waals surface area contributed by atoms with Gasteiger partial charge in [-0.1, -0.05) is 94.1 Å². The van der Waals surface area contributed by atoms with Gasteiger partial charge in [0.05, 0.1) is 33.8 Å². The van der Waals surface area contributed by atoms with Crippen LogP contribution in [0.25, 0.3) is 11.2 Å². The van der Waals surface area contributed by atoms with E-state index in [9.17, 15) is 4.79 Å². The molecule has 0 bridgehead atoms. The Morgan fingerprint density at radius 1 is 0.851 bits per heavy atom. The number of hydrogen-bond donors (Lipinski definition) is 1. The van der Waals surface area contributed by atoms with Gasteiger partial charge in [0.25, 0.3) is 8.53 Å². The Morgan fingerprint density at radius 3 is 1.97 bits per heavy atom. The molecular weight excluding hydrogens is 888 g/mol. The van der Waals surface area contributed by atoms with Crippen LogP contribution in [0.4, 0.5) is 10.6 Å². The van der Waals surface area contributed by atoms with E-state index in [1.807, 2.05) is 66.7 Å². The molecule has 6 rings (SSSR count). The van der Waals surface area contributed by atoms with Gasteiger partial charge in [0.2, 0.25) is 0 Å². The maximum Gasteiger partial charge on any atom is 0.413 e. The number of carbonyl (C=O) groups is 1. The van der Waals surface area contributed by atoms with E-state index in [0.29, 0.717) is 22.7 Å². The van der Waals surface area contributed by atoms with Gasteiger partial charge in [-0.3, -0.25) is 9.88 Å². The number of imidazole rings is 1. The summed E-state index contributed by atoms with van der Waals surface area (Å²) in [5.41, 5.74) is 2.16. The van der Waals surface area contributed by atoms with Crippen molar-refractivity contribution in [3.8, 4) is 11.5 Å². The van der Waals surface area contributed by atoms with Crippen molar-refractivity contribution in [2.24, 2.45) is 0 Å². The van der Waals surface area contributed by atoms with E-state index >= 15 is 0 Å². The minimum absolute atomic E-state index is 0.0195. The molecule has 5 aromatic rings. The Morgan fingerprint density at radius 2 is 1.43 bits per heavy atom. The highest BCUT2D eigenvalue weighted by molar-refractivity contribution is 7.44. The molecule has 0 spiro atoms. The number of benzene rings is 3. The zero-order valence-corrected chi connectivity index (χ0v) is 42.6. The summed E-state index contributed by atoms with van der Waals surface area (Å²) in [4.78, 5) is 26.5. The lowest BCUT2D eigenvalue weighted by Crippen LogP contribution is -2.51. The lowest BCUT2D eigenvalue weighted by atomic mass is 9.80. The first-order valence-electron chi connectivity index (χ1n) is 22.5. The molecule has 15 nitrogen and oxygen atoms in total. The van der Waals surface area contributed by atoms with Gasteiger partial charge >= 0.3 is 6.09 Å². The Hall–Kier alpha value is -5.03. The number of rotatable bonds is 22. The van der Waals surface area contributed by atoms with Gasteiger partial charge in [0.15, 0.2) is 31.5 Å². The molecule has 5 atom stereocenters. The first kappa shape index (κ1) is 51.4. The second-order valence-electron chi connectivity index (χ2n) is 18.2. The van der Waals surface area contributed by atoms with Gasteiger partial charge in [0, 0.05) is 12.1 Å². The molecule has 3 aromatic carbocycles. The summed E-state index contributed by atoms with van der Waals surface area (Å²) in [6.45, 7) is 27.4. The van der Waals surface area contributed by atoms with E-state index in [-0.39, 0.29) is 42.8 Å². The zero-order valence-electron chi connectivity index (χ0n) is 40.7. The monoisotopic (exact) mass is 954 g/mol. The number of ether oxygens (including phenoxy) is 5. The smallest absolute Gasteiger partial charge is 0.413 e. The van der Waals surface area contributed by atoms with Crippen LogP contribution in [0.1, 0.15) is 71.4 Å². The van der Waals surface area contributed by atoms with Crippen LogP contribution in [0.5, 0.6) is 11.5 Å². The van der Waals surface area contributed by atoms with Crippen molar-refractivity contribution < 1.29 is 42.0 Å². The first-order chi connectivity index (χ1) is 32.0. The van der Waals surface area contributed by atoms with E-state index in [1.165, 1.54) is 12.4 Å². The van der Waals surface area contributed by atoms with Crippen LogP contribution in [-0.4, -0.2) is 103 Å². The summed E-state index contributed by atoms with van der Waals surface area (Å²) in [5.74, 6) is 1.58. The Kier molecular flexibility index (Phi) is 17.2. The summed E-state index contributed by atoms with van der Waals surface area (Å²) in [7, 11) is -1.07. The fourth-order valence-electron chi connectivity index (χ4n) is 7.86. The van der Waals surface area contributed by atoms with Crippen molar-refractivity contribution in [3.05, 3.63) is 134 Å². The van der Waals surface area contributed by atoms with Gasteiger partial charge < -0.3 is 37.2 Å². The molecule has 1 fully saturated rings. The van der Waals surface area contributed by atoms with Crippen LogP contribution in [0.3, 0.4) is 0 Å². The number of nitrogens with one attached hydrogen (secondary N) is 1. The lowest BCUT2D eigenvalue weighted by molar-refractivity contribution is -0.0927.